The zero-order valence-electron chi connectivity index (χ0n) is 10.2. The summed E-state index contributed by atoms with van der Waals surface area (Å²) in [6, 6.07) is 6.69. The van der Waals surface area contributed by atoms with Crippen LogP contribution < -0.4 is 0 Å². The maximum absolute atomic E-state index is 4.38. The molecule has 0 bridgehead atoms. The van der Waals surface area contributed by atoms with Gasteiger partial charge in [0.25, 0.3) is 0 Å². The van der Waals surface area contributed by atoms with Crippen molar-refractivity contribution >= 4 is 21.6 Å². The molecule has 3 rings (SSSR count). The summed E-state index contributed by atoms with van der Waals surface area (Å²) in [5.74, 6) is 0.910. The average molecular weight is 246 g/mol. The lowest BCUT2D eigenvalue weighted by atomic mass is 9.99. The van der Waals surface area contributed by atoms with Crippen molar-refractivity contribution in [2.24, 2.45) is 5.92 Å². The van der Waals surface area contributed by atoms with Crippen LogP contribution in [-0.4, -0.2) is 23.0 Å². The summed E-state index contributed by atoms with van der Waals surface area (Å²) >= 11 is 1.72. The van der Waals surface area contributed by atoms with E-state index in [0.717, 1.165) is 18.0 Å². The van der Waals surface area contributed by atoms with Gasteiger partial charge >= 0.3 is 0 Å². The van der Waals surface area contributed by atoms with Gasteiger partial charge in [0.15, 0.2) is 0 Å². The van der Waals surface area contributed by atoms with Gasteiger partial charge in [-0.05, 0) is 49.5 Å². The second kappa shape index (κ2) is 4.75. The van der Waals surface area contributed by atoms with Gasteiger partial charge in [-0.25, -0.2) is 4.98 Å². The fourth-order valence-corrected chi connectivity index (χ4v) is 3.14. The van der Waals surface area contributed by atoms with Crippen molar-refractivity contribution < 1.29 is 0 Å². The van der Waals surface area contributed by atoms with Crippen LogP contribution in [0.3, 0.4) is 0 Å². The number of thiazole rings is 1. The lowest BCUT2D eigenvalue weighted by molar-refractivity contribution is 0.185. The van der Waals surface area contributed by atoms with Crippen molar-refractivity contribution in [2.45, 2.75) is 26.3 Å². The number of rotatable bonds is 2. The van der Waals surface area contributed by atoms with Gasteiger partial charge in [0.2, 0.25) is 0 Å². The third-order valence-electron chi connectivity index (χ3n) is 3.68. The lowest BCUT2D eigenvalue weighted by Gasteiger charge is -2.30. The summed E-state index contributed by atoms with van der Waals surface area (Å²) in [6.07, 6.45) is 2.69. The van der Waals surface area contributed by atoms with Gasteiger partial charge in [-0.2, -0.15) is 0 Å². The third kappa shape index (κ3) is 2.50. The lowest BCUT2D eigenvalue weighted by Crippen LogP contribution is -2.32. The first kappa shape index (κ1) is 11.2. The minimum absolute atomic E-state index is 0.910. The average Bonchev–Trinajstić information content (AvgIpc) is 2.79. The van der Waals surface area contributed by atoms with E-state index in [9.17, 15) is 0 Å². The maximum atomic E-state index is 4.38. The highest BCUT2D eigenvalue weighted by atomic mass is 32.1. The minimum Gasteiger partial charge on any atom is -0.299 e. The van der Waals surface area contributed by atoms with Crippen molar-refractivity contribution in [3.05, 3.63) is 29.3 Å². The Balaban J connectivity index is 1.71. The van der Waals surface area contributed by atoms with E-state index < -0.39 is 0 Å². The molecule has 90 valence electrons. The molecule has 0 spiro atoms. The Bertz CT molecular complexity index is 498. The normalized spacial score (nSPS) is 18.9. The molecule has 1 aromatic heterocycles. The molecule has 3 heteroatoms. The maximum Gasteiger partial charge on any atom is 0.0815 e. The van der Waals surface area contributed by atoms with Crippen LogP contribution in [0.5, 0.6) is 0 Å². The number of hydrogen-bond donors (Lipinski definition) is 0. The summed E-state index contributed by atoms with van der Waals surface area (Å²) in [6.45, 7) is 5.94. The standard InChI is InChI=1S/C14H18N2S/c1-11-4-6-16(7-5-11)9-12-2-3-14-13(8-12)15-10-17-14/h2-3,8,10-11H,4-7,9H2,1H3. The zero-order chi connectivity index (χ0) is 11.7. The minimum atomic E-state index is 0.910. The van der Waals surface area contributed by atoms with E-state index >= 15 is 0 Å². The molecule has 17 heavy (non-hydrogen) atoms. The number of likely N-dealkylation sites (tertiary alicyclic amines) is 1. The highest BCUT2D eigenvalue weighted by molar-refractivity contribution is 7.16. The molecular formula is C14H18N2S. The number of benzene rings is 1. The largest absolute Gasteiger partial charge is 0.299 e. The number of hydrogen-bond acceptors (Lipinski definition) is 3. The van der Waals surface area contributed by atoms with Gasteiger partial charge < -0.3 is 0 Å². The Hall–Kier alpha value is -0.930. The summed E-state index contributed by atoms with van der Waals surface area (Å²) in [5.41, 5.74) is 4.48. The quantitative estimate of drug-likeness (QED) is 0.806. The molecule has 0 radical (unpaired) electrons. The van der Waals surface area contributed by atoms with Crippen LogP contribution in [0.15, 0.2) is 23.7 Å². The van der Waals surface area contributed by atoms with Gasteiger partial charge in [-0.3, -0.25) is 4.90 Å². The van der Waals surface area contributed by atoms with Crippen molar-refractivity contribution in [1.29, 1.82) is 0 Å². The first-order valence-corrected chi connectivity index (χ1v) is 7.24. The highest BCUT2D eigenvalue weighted by Crippen LogP contribution is 2.22. The summed E-state index contributed by atoms with van der Waals surface area (Å²) in [7, 11) is 0. The van der Waals surface area contributed by atoms with Crippen LogP contribution in [0, 0.1) is 5.92 Å². The molecular weight excluding hydrogens is 228 g/mol. The summed E-state index contributed by atoms with van der Waals surface area (Å²) < 4.78 is 1.29. The van der Waals surface area contributed by atoms with Gasteiger partial charge in [0.1, 0.15) is 0 Å². The molecule has 1 aliphatic rings. The van der Waals surface area contributed by atoms with Crippen LogP contribution in [0.1, 0.15) is 25.3 Å². The van der Waals surface area contributed by atoms with E-state index in [2.05, 4.69) is 35.0 Å². The molecule has 2 heterocycles. The molecule has 1 aromatic carbocycles. The van der Waals surface area contributed by atoms with Crippen molar-refractivity contribution in [2.75, 3.05) is 13.1 Å². The number of aromatic nitrogens is 1. The predicted octanol–water partition coefficient (Wildman–Crippen LogP) is 3.53. The van der Waals surface area contributed by atoms with Crippen molar-refractivity contribution in [3.8, 4) is 0 Å². The Morgan fingerprint density at radius 3 is 3.00 bits per heavy atom. The fourth-order valence-electron chi connectivity index (χ4n) is 2.48. The van der Waals surface area contributed by atoms with Gasteiger partial charge in [0.05, 0.1) is 15.7 Å². The predicted molar refractivity (Wildman–Crippen MR) is 73.3 cm³/mol. The van der Waals surface area contributed by atoms with Crippen LogP contribution in [0.4, 0.5) is 0 Å². The van der Waals surface area contributed by atoms with E-state index in [1.54, 1.807) is 11.3 Å². The van der Waals surface area contributed by atoms with E-state index in [1.807, 2.05) is 5.51 Å². The molecule has 0 unspecified atom stereocenters. The fraction of sp³-hybridized carbons (Fsp3) is 0.500. The first-order chi connectivity index (χ1) is 8.31. The number of nitrogens with zero attached hydrogens (tertiary/aromatic N) is 2. The Kier molecular flexibility index (Phi) is 3.12. The number of piperidine rings is 1. The summed E-state index contributed by atoms with van der Waals surface area (Å²) in [4.78, 5) is 6.95. The van der Waals surface area contributed by atoms with Crippen LogP contribution >= 0.6 is 11.3 Å². The zero-order valence-corrected chi connectivity index (χ0v) is 11.0. The van der Waals surface area contributed by atoms with Gasteiger partial charge in [-0.1, -0.05) is 13.0 Å². The van der Waals surface area contributed by atoms with E-state index in [0.29, 0.717) is 0 Å². The van der Waals surface area contributed by atoms with Gasteiger partial charge in [-0.15, -0.1) is 11.3 Å². The van der Waals surface area contributed by atoms with Crippen LogP contribution in [-0.2, 0) is 6.54 Å². The molecule has 0 N–H and O–H groups in total. The van der Waals surface area contributed by atoms with E-state index in [4.69, 9.17) is 0 Å². The third-order valence-corrected chi connectivity index (χ3v) is 4.49. The number of fused-ring (bicyclic) bond motifs is 1. The summed E-state index contributed by atoms with van der Waals surface area (Å²) in [5, 5.41) is 0. The van der Waals surface area contributed by atoms with Crippen molar-refractivity contribution in [3.63, 3.8) is 0 Å². The molecule has 2 aromatic rings. The van der Waals surface area contributed by atoms with E-state index in [-0.39, 0.29) is 0 Å². The molecule has 0 atom stereocenters. The molecule has 1 aliphatic heterocycles. The molecule has 1 fully saturated rings. The molecule has 0 aliphatic carbocycles. The topological polar surface area (TPSA) is 16.1 Å². The smallest absolute Gasteiger partial charge is 0.0815 e. The second-order valence-electron chi connectivity index (χ2n) is 5.11. The van der Waals surface area contributed by atoms with Crippen LogP contribution in [0.2, 0.25) is 0 Å². The molecule has 1 saturated heterocycles. The first-order valence-electron chi connectivity index (χ1n) is 6.36. The van der Waals surface area contributed by atoms with E-state index in [1.165, 1.54) is 36.2 Å². The Morgan fingerprint density at radius 2 is 2.18 bits per heavy atom. The Labute approximate surface area is 106 Å². The monoisotopic (exact) mass is 246 g/mol. The second-order valence-corrected chi connectivity index (χ2v) is 6.00. The van der Waals surface area contributed by atoms with Gasteiger partial charge in [0, 0.05) is 6.54 Å². The molecule has 0 amide bonds. The van der Waals surface area contributed by atoms with Crippen LogP contribution in [0.25, 0.3) is 10.2 Å². The van der Waals surface area contributed by atoms with Crippen molar-refractivity contribution in [1.82, 2.24) is 9.88 Å². The SMILES string of the molecule is CC1CCN(Cc2ccc3scnc3c2)CC1. The molecule has 0 saturated carbocycles. The Morgan fingerprint density at radius 1 is 1.35 bits per heavy atom. The highest BCUT2D eigenvalue weighted by Gasteiger charge is 2.15. The molecule has 2 nitrogen and oxygen atoms in total.